The number of carbonyl (C=O) groups excluding carboxylic acids is 1. The molecular weight excluding hydrogens is 319 g/mol. The second-order valence-electron chi connectivity index (χ2n) is 5.13. The van der Waals surface area contributed by atoms with Gasteiger partial charge < -0.3 is 5.32 Å². The maximum Gasteiger partial charge on any atom is 0.241 e. The van der Waals surface area contributed by atoms with Crippen LogP contribution in [0.2, 0.25) is 0 Å². The van der Waals surface area contributed by atoms with Crippen molar-refractivity contribution in [3.63, 3.8) is 0 Å². The summed E-state index contributed by atoms with van der Waals surface area (Å²) < 4.78 is 39.3. The molecule has 0 bridgehead atoms. The molecule has 5 nitrogen and oxygen atoms in total. The van der Waals surface area contributed by atoms with E-state index >= 15 is 0 Å². The Morgan fingerprint density at radius 1 is 1.04 bits per heavy atom. The van der Waals surface area contributed by atoms with Crippen molar-refractivity contribution in [2.45, 2.75) is 18.7 Å². The number of aryl methyl sites for hydroxylation is 2. The van der Waals surface area contributed by atoms with Crippen LogP contribution in [0.25, 0.3) is 0 Å². The van der Waals surface area contributed by atoms with Crippen molar-refractivity contribution in [3.8, 4) is 0 Å². The second kappa shape index (κ2) is 6.89. The molecule has 0 fully saturated rings. The number of hydrogen-bond acceptors (Lipinski definition) is 3. The zero-order valence-electron chi connectivity index (χ0n) is 12.8. The van der Waals surface area contributed by atoms with E-state index in [2.05, 4.69) is 10.0 Å². The average molecular weight is 336 g/mol. The molecule has 0 saturated heterocycles. The Morgan fingerprint density at radius 2 is 1.70 bits per heavy atom. The van der Waals surface area contributed by atoms with Crippen LogP contribution >= 0.6 is 0 Å². The summed E-state index contributed by atoms with van der Waals surface area (Å²) in [4.78, 5) is 11.9. The van der Waals surface area contributed by atoms with Gasteiger partial charge in [-0.2, -0.15) is 0 Å². The van der Waals surface area contributed by atoms with Gasteiger partial charge in [0.15, 0.2) is 0 Å². The van der Waals surface area contributed by atoms with E-state index in [1.807, 2.05) is 13.8 Å². The minimum absolute atomic E-state index is 0.107. The normalized spacial score (nSPS) is 11.3. The van der Waals surface area contributed by atoms with E-state index in [1.54, 1.807) is 12.1 Å². The number of halogens is 1. The fourth-order valence-corrected chi connectivity index (χ4v) is 2.93. The maximum atomic E-state index is 12.8. The molecule has 0 aliphatic heterocycles. The number of benzene rings is 2. The van der Waals surface area contributed by atoms with E-state index in [9.17, 15) is 17.6 Å². The van der Waals surface area contributed by atoms with Crippen molar-refractivity contribution in [2.24, 2.45) is 0 Å². The first-order chi connectivity index (χ1) is 10.8. The Hall–Kier alpha value is -2.25. The van der Waals surface area contributed by atoms with Crippen LogP contribution in [0.5, 0.6) is 0 Å². The lowest BCUT2D eigenvalue weighted by Crippen LogP contribution is -2.32. The molecule has 0 atom stereocenters. The Kier molecular flexibility index (Phi) is 5.12. The first kappa shape index (κ1) is 17.1. The number of rotatable bonds is 5. The van der Waals surface area contributed by atoms with Gasteiger partial charge in [0, 0.05) is 5.69 Å². The van der Waals surface area contributed by atoms with Gasteiger partial charge in [-0.05, 0) is 61.4 Å². The van der Waals surface area contributed by atoms with Crippen molar-refractivity contribution >= 4 is 21.6 Å². The SMILES string of the molecule is Cc1ccc(S(=O)(=O)NCC(=O)Nc2ccc(F)cc2)cc1C. The lowest BCUT2D eigenvalue weighted by molar-refractivity contribution is -0.115. The van der Waals surface area contributed by atoms with Gasteiger partial charge in [0.2, 0.25) is 15.9 Å². The standard InChI is InChI=1S/C16H17FN2O3S/c1-11-3-8-15(9-12(11)2)23(21,22)18-10-16(20)19-14-6-4-13(17)5-7-14/h3-9,18H,10H2,1-2H3,(H,19,20). The molecule has 7 heteroatoms. The lowest BCUT2D eigenvalue weighted by atomic mass is 10.1. The number of hydrogen-bond donors (Lipinski definition) is 2. The number of amides is 1. The summed E-state index contributed by atoms with van der Waals surface area (Å²) in [5, 5.41) is 2.48. The van der Waals surface area contributed by atoms with Crippen LogP contribution < -0.4 is 10.0 Å². The highest BCUT2D eigenvalue weighted by Gasteiger charge is 2.16. The lowest BCUT2D eigenvalue weighted by Gasteiger charge is -2.09. The van der Waals surface area contributed by atoms with Gasteiger partial charge in [0.1, 0.15) is 5.82 Å². The summed E-state index contributed by atoms with van der Waals surface area (Å²) in [6.45, 7) is 3.29. The fraction of sp³-hybridized carbons (Fsp3) is 0.188. The maximum absolute atomic E-state index is 12.8. The third kappa shape index (κ3) is 4.61. The van der Waals surface area contributed by atoms with Crippen molar-refractivity contribution in [2.75, 3.05) is 11.9 Å². The second-order valence-corrected chi connectivity index (χ2v) is 6.89. The van der Waals surface area contributed by atoms with Gasteiger partial charge in [-0.3, -0.25) is 4.79 Å². The molecule has 2 N–H and O–H groups in total. The summed E-state index contributed by atoms with van der Waals surface area (Å²) in [6.07, 6.45) is 0. The van der Waals surface area contributed by atoms with Crippen LogP contribution in [-0.4, -0.2) is 20.9 Å². The topological polar surface area (TPSA) is 75.3 Å². The predicted octanol–water partition coefficient (Wildman–Crippen LogP) is 2.36. The highest BCUT2D eigenvalue weighted by molar-refractivity contribution is 7.89. The smallest absolute Gasteiger partial charge is 0.241 e. The van der Waals surface area contributed by atoms with E-state index in [1.165, 1.54) is 30.3 Å². The largest absolute Gasteiger partial charge is 0.325 e. The molecule has 0 unspecified atom stereocenters. The molecule has 1 amide bonds. The molecule has 2 aromatic carbocycles. The summed E-state index contributed by atoms with van der Waals surface area (Å²) in [7, 11) is -3.76. The fourth-order valence-electron chi connectivity index (χ4n) is 1.86. The van der Waals surface area contributed by atoms with E-state index in [4.69, 9.17) is 0 Å². The van der Waals surface area contributed by atoms with Crippen molar-refractivity contribution < 1.29 is 17.6 Å². The van der Waals surface area contributed by atoms with Crippen molar-refractivity contribution in [3.05, 3.63) is 59.4 Å². The minimum atomic E-state index is -3.76. The van der Waals surface area contributed by atoms with Crippen LogP contribution in [0.1, 0.15) is 11.1 Å². The Labute approximate surface area is 134 Å². The average Bonchev–Trinajstić information content (AvgIpc) is 2.50. The molecule has 0 radical (unpaired) electrons. The van der Waals surface area contributed by atoms with Crippen LogP contribution in [-0.2, 0) is 14.8 Å². The van der Waals surface area contributed by atoms with Crippen LogP contribution in [0.3, 0.4) is 0 Å². The van der Waals surface area contributed by atoms with Gasteiger partial charge in [-0.15, -0.1) is 0 Å². The number of nitrogens with one attached hydrogen (secondary N) is 2. The van der Waals surface area contributed by atoms with Gasteiger partial charge in [0.05, 0.1) is 11.4 Å². The van der Waals surface area contributed by atoms with Crippen LogP contribution in [0, 0.1) is 19.7 Å². The molecule has 2 rings (SSSR count). The summed E-state index contributed by atoms with van der Waals surface area (Å²) in [6, 6.07) is 9.94. The zero-order valence-corrected chi connectivity index (χ0v) is 13.6. The van der Waals surface area contributed by atoms with E-state index < -0.39 is 28.3 Å². The van der Waals surface area contributed by atoms with E-state index in [0.29, 0.717) is 5.69 Å². The summed E-state index contributed by atoms with van der Waals surface area (Å²) in [5.74, 6) is -0.956. The summed E-state index contributed by atoms with van der Waals surface area (Å²) in [5.41, 5.74) is 2.23. The third-order valence-corrected chi connectivity index (χ3v) is 4.74. The molecule has 23 heavy (non-hydrogen) atoms. The predicted molar refractivity (Wildman–Crippen MR) is 86.1 cm³/mol. The molecule has 0 spiro atoms. The molecule has 122 valence electrons. The minimum Gasteiger partial charge on any atom is -0.325 e. The van der Waals surface area contributed by atoms with Crippen molar-refractivity contribution in [1.29, 1.82) is 0 Å². The highest BCUT2D eigenvalue weighted by atomic mass is 32.2. The molecule has 0 aromatic heterocycles. The number of carbonyl (C=O) groups is 1. The molecule has 0 aliphatic carbocycles. The molecule has 0 saturated carbocycles. The van der Waals surface area contributed by atoms with Gasteiger partial charge in [0.25, 0.3) is 0 Å². The number of anilines is 1. The monoisotopic (exact) mass is 336 g/mol. The molecular formula is C16H17FN2O3S. The third-order valence-electron chi connectivity index (χ3n) is 3.34. The Morgan fingerprint density at radius 3 is 2.30 bits per heavy atom. The molecule has 0 aliphatic rings. The Bertz CT molecular complexity index is 818. The van der Waals surface area contributed by atoms with Gasteiger partial charge >= 0.3 is 0 Å². The van der Waals surface area contributed by atoms with Crippen LogP contribution in [0.4, 0.5) is 10.1 Å². The van der Waals surface area contributed by atoms with E-state index in [0.717, 1.165) is 11.1 Å². The van der Waals surface area contributed by atoms with Crippen LogP contribution in [0.15, 0.2) is 47.4 Å². The zero-order chi connectivity index (χ0) is 17.0. The first-order valence-corrected chi connectivity index (χ1v) is 8.38. The number of sulfonamides is 1. The molecule has 2 aromatic rings. The summed E-state index contributed by atoms with van der Waals surface area (Å²) >= 11 is 0. The van der Waals surface area contributed by atoms with Crippen molar-refractivity contribution in [1.82, 2.24) is 4.72 Å². The van der Waals surface area contributed by atoms with E-state index in [-0.39, 0.29) is 4.90 Å². The molecule has 0 heterocycles. The first-order valence-electron chi connectivity index (χ1n) is 6.90. The quantitative estimate of drug-likeness (QED) is 0.880. The Balaban J connectivity index is 1.99. The van der Waals surface area contributed by atoms with Gasteiger partial charge in [-0.1, -0.05) is 6.07 Å². The van der Waals surface area contributed by atoms with Gasteiger partial charge in [-0.25, -0.2) is 17.5 Å². The highest BCUT2D eigenvalue weighted by Crippen LogP contribution is 2.14.